The molecule has 0 aliphatic heterocycles. The molecule has 0 bridgehead atoms. The Kier molecular flexibility index (Phi) is 17.3. The standard InChI is InChI=1S/C35H54O3/c1-4-6-8-10-11-12-13-14-15-16-17-19-29-37-34-27-25-33(26-28-34)32-23-21-31(22-24-32)30(3)38-35(36)20-18-9-7-5-2/h21-28,30H,4-20,29H2,1-3H3. The molecule has 0 saturated heterocycles. The predicted octanol–water partition coefficient (Wildman–Crippen LogP) is 11.0. The van der Waals surface area contributed by atoms with E-state index in [1.165, 1.54) is 83.5 Å². The van der Waals surface area contributed by atoms with Gasteiger partial charge in [-0.3, -0.25) is 4.79 Å². The number of carbonyl (C=O) groups excluding carboxylic acids is 1. The van der Waals surface area contributed by atoms with Gasteiger partial charge in [-0.05, 0) is 48.6 Å². The number of benzene rings is 2. The molecule has 0 amide bonds. The van der Waals surface area contributed by atoms with Crippen molar-refractivity contribution in [1.82, 2.24) is 0 Å². The van der Waals surface area contributed by atoms with Crippen LogP contribution < -0.4 is 4.74 Å². The molecule has 3 heteroatoms. The van der Waals surface area contributed by atoms with Crippen LogP contribution in [-0.2, 0) is 9.53 Å². The van der Waals surface area contributed by atoms with Crippen LogP contribution >= 0.6 is 0 Å². The van der Waals surface area contributed by atoms with Crippen LogP contribution in [0.25, 0.3) is 11.1 Å². The van der Waals surface area contributed by atoms with Crippen molar-refractivity contribution in [1.29, 1.82) is 0 Å². The highest BCUT2D eigenvalue weighted by molar-refractivity contribution is 5.70. The maximum atomic E-state index is 12.1. The van der Waals surface area contributed by atoms with Crippen molar-refractivity contribution in [2.75, 3.05) is 6.61 Å². The van der Waals surface area contributed by atoms with Gasteiger partial charge in [-0.2, -0.15) is 0 Å². The molecular formula is C35H54O3. The van der Waals surface area contributed by atoms with E-state index in [2.05, 4.69) is 62.4 Å². The van der Waals surface area contributed by atoms with E-state index in [1.54, 1.807) is 0 Å². The number of hydrogen-bond acceptors (Lipinski definition) is 3. The fourth-order valence-corrected chi connectivity index (χ4v) is 4.84. The third kappa shape index (κ3) is 14.0. The van der Waals surface area contributed by atoms with Crippen molar-refractivity contribution < 1.29 is 14.3 Å². The fourth-order valence-electron chi connectivity index (χ4n) is 4.84. The largest absolute Gasteiger partial charge is 0.494 e. The Hall–Kier alpha value is -2.29. The third-order valence-corrected chi connectivity index (χ3v) is 7.38. The molecule has 38 heavy (non-hydrogen) atoms. The second-order valence-corrected chi connectivity index (χ2v) is 10.8. The molecule has 212 valence electrons. The highest BCUT2D eigenvalue weighted by Crippen LogP contribution is 2.26. The summed E-state index contributed by atoms with van der Waals surface area (Å²) in [5.74, 6) is 0.838. The summed E-state index contributed by atoms with van der Waals surface area (Å²) in [5, 5.41) is 0. The van der Waals surface area contributed by atoms with Gasteiger partial charge in [0.2, 0.25) is 0 Å². The Bertz CT molecular complexity index is 840. The van der Waals surface area contributed by atoms with Crippen molar-refractivity contribution in [2.45, 2.75) is 136 Å². The van der Waals surface area contributed by atoms with Crippen LogP contribution in [0.4, 0.5) is 0 Å². The van der Waals surface area contributed by atoms with Gasteiger partial charge in [-0.15, -0.1) is 0 Å². The topological polar surface area (TPSA) is 35.5 Å². The molecule has 0 heterocycles. The van der Waals surface area contributed by atoms with Crippen LogP contribution in [-0.4, -0.2) is 12.6 Å². The molecule has 0 aromatic heterocycles. The first-order valence-corrected chi connectivity index (χ1v) is 15.7. The molecule has 0 spiro atoms. The van der Waals surface area contributed by atoms with Gasteiger partial charge in [0.1, 0.15) is 11.9 Å². The van der Waals surface area contributed by atoms with Crippen LogP contribution in [0.5, 0.6) is 5.75 Å². The molecule has 2 rings (SSSR count). The van der Waals surface area contributed by atoms with Crippen molar-refractivity contribution in [3.8, 4) is 16.9 Å². The second kappa shape index (κ2) is 20.6. The van der Waals surface area contributed by atoms with E-state index in [0.717, 1.165) is 48.3 Å². The van der Waals surface area contributed by atoms with Gasteiger partial charge in [0.15, 0.2) is 0 Å². The highest BCUT2D eigenvalue weighted by Gasteiger charge is 2.12. The minimum atomic E-state index is -0.223. The fraction of sp³-hybridized carbons (Fsp3) is 0.629. The molecule has 2 aromatic rings. The molecule has 1 atom stereocenters. The Balaban J connectivity index is 1.59. The molecule has 0 aliphatic carbocycles. The van der Waals surface area contributed by atoms with Crippen LogP contribution in [0.1, 0.15) is 142 Å². The second-order valence-electron chi connectivity index (χ2n) is 10.8. The summed E-state index contributed by atoms with van der Waals surface area (Å²) in [6.45, 7) is 7.19. The van der Waals surface area contributed by atoms with E-state index >= 15 is 0 Å². The zero-order valence-electron chi connectivity index (χ0n) is 24.6. The Labute approximate surface area is 233 Å². The van der Waals surface area contributed by atoms with Crippen molar-refractivity contribution in [3.05, 3.63) is 54.1 Å². The predicted molar refractivity (Wildman–Crippen MR) is 162 cm³/mol. The number of ether oxygens (including phenoxy) is 2. The van der Waals surface area contributed by atoms with Crippen LogP contribution in [0.2, 0.25) is 0 Å². The smallest absolute Gasteiger partial charge is 0.306 e. The molecule has 2 aromatic carbocycles. The van der Waals surface area contributed by atoms with Crippen LogP contribution in [0.15, 0.2) is 48.5 Å². The Morgan fingerprint density at radius 1 is 0.605 bits per heavy atom. The molecule has 0 radical (unpaired) electrons. The van der Waals surface area contributed by atoms with Gasteiger partial charge < -0.3 is 9.47 Å². The summed E-state index contributed by atoms with van der Waals surface area (Å²) in [6.07, 6.45) is 20.9. The van der Waals surface area contributed by atoms with E-state index in [-0.39, 0.29) is 12.1 Å². The van der Waals surface area contributed by atoms with E-state index in [0.29, 0.717) is 6.42 Å². The lowest BCUT2D eigenvalue weighted by molar-refractivity contribution is -0.148. The van der Waals surface area contributed by atoms with Gasteiger partial charge in [-0.25, -0.2) is 0 Å². The average molecular weight is 523 g/mol. The molecule has 1 unspecified atom stereocenters. The Morgan fingerprint density at radius 2 is 1.05 bits per heavy atom. The first-order valence-electron chi connectivity index (χ1n) is 15.7. The maximum Gasteiger partial charge on any atom is 0.306 e. The molecule has 0 fully saturated rings. The van der Waals surface area contributed by atoms with Gasteiger partial charge >= 0.3 is 5.97 Å². The summed E-state index contributed by atoms with van der Waals surface area (Å²) in [4.78, 5) is 12.1. The number of esters is 1. The summed E-state index contributed by atoms with van der Waals surface area (Å²) in [7, 11) is 0. The minimum Gasteiger partial charge on any atom is -0.494 e. The minimum absolute atomic E-state index is 0.100. The van der Waals surface area contributed by atoms with Crippen LogP contribution in [0, 0.1) is 0 Å². The average Bonchev–Trinajstić information content (AvgIpc) is 2.94. The first-order chi connectivity index (χ1) is 18.6. The number of carbonyl (C=O) groups is 1. The zero-order chi connectivity index (χ0) is 27.3. The van der Waals surface area contributed by atoms with Gasteiger partial charge in [0, 0.05) is 6.42 Å². The number of hydrogen-bond donors (Lipinski definition) is 0. The normalized spacial score (nSPS) is 11.9. The van der Waals surface area contributed by atoms with Gasteiger partial charge in [0.05, 0.1) is 6.61 Å². The van der Waals surface area contributed by atoms with Gasteiger partial charge in [-0.1, -0.05) is 140 Å². The molecular weight excluding hydrogens is 468 g/mol. The van der Waals surface area contributed by atoms with E-state index in [9.17, 15) is 4.79 Å². The quantitative estimate of drug-likeness (QED) is 0.114. The van der Waals surface area contributed by atoms with Crippen molar-refractivity contribution >= 4 is 5.97 Å². The van der Waals surface area contributed by atoms with Crippen LogP contribution in [0.3, 0.4) is 0 Å². The Morgan fingerprint density at radius 3 is 1.58 bits per heavy atom. The molecule has 0 aliphatic rings. The van der Waals surface area contributed by atoms with E-state index in [1.807, 2.05) is 6.92 Å². The lowest BCUT2D eigenvalue weighted by atomic mass is 10.0. The van der Waals surface area contributed by atoms with Gasteiger partial charge in [0.25, 0.3) is 0 Å². The summed E-state index contributed by atoms with van der Waals surface area (Å²) >= 11 is 0. The van der Waals surface area contributed by atoms with E-state index in [4.69, 9.17) is 9.47 Å². The summed E-state index contributed by atoms with van der Waals surface area (Å²) in [6, 6.07) is 16.7. The molecule has 0 N–H and O–H groups in total. The summed E-state index contributed by atoms with van der Waals surface area (Å²) in [5.41, 5.74) is 3.34. The number of rotatable bonds is 22. The lowest BCUT2D eigenvalue weighted by Gasteiger charge is -2.14. The van der Waals surface area contributed by atoms with E-state index < -0.39 is 0 Å². The van der Waals surface area contributed by atoms with Crippen molar-refractivity contribution in [3.63, 3.8) is 0 Å². The number of unbranched alkanes of at least 4 members (excludes halogenated alkanes) is 14. The maximum absolute atomic E-state index is 12.1. The third-order valence-electron chi connectivity index (χ3n) is 7.38. The molecule has 3 nitrogen and oxygen atoms in total. The zero-order valence-corrected chi connectivity index (χ0v) is 24.6. The SMILES string of the molecule is CCCCCCCCCCCCCCOc1ccc(-c2ccc(C(C)OC(=O)CCCCCC)cc2)cc1. The monoisotopic (exact) mass is 522 g/mol. The lowest BCUT2D eigenvalue weighted by Crippen LogP contribution is -2.08. The molecule has 0 saturated carbocycles. The van der Waals surface area contributed by atoms with Crippen molar-refractivity contribution in [2.24, 2.45) is 0 Å². The summed E-state index contributed by atoms with van der Waals surface area (Å²) < 4.78 is 11.6. The first kappa shape index (κ1) is 31.9. The highest BCUT2D eigenvalue weighted by atomic mass is 16.5.